The van der Waals surface area contributed by atoms with E-state index in [1.807, 2.05) is 6.07 Å². The molecule has 192 valence electrons. The summed E-state index contributed by atoms with van der Waals surface area (Å²) in [5, 5.41) is 21.6. The highest BCUT2D eigenvalue weighted by molar-refractivity contribution is 5.97. The predicted octanol–water partition coefficient (Wildman–Crippen LogP) is 7.79. The lowest BCUT2D eigenvalue weighted by atomic mass is 10.0. The van der Waals surface area contributed by atoms with E-state index in [0.29, 0.717) is 0 Å². The predicted molar refractivity (Wildman–Crippen MR) is 144 cm³/mol. The number of nitrogens with zero attached hydrogens (tertiary/aromatic N) is 1. The van der Waals surface area contributed by atoms with Crippen molar-refractivity contribution in [2.45, 2.75) is 96.8 Å². The van der Waals surface area contributed by atoms with Crippen molar-refractivity contribution in [2.75, 3.05) is 27.7 Å². The molecule has 0 radical (unpaired) electrons. The molecule has 0 unspecified atom stereocenters. The van der Waals surface area contributed by atoms with Gasteiger partial charge in [0.25, 0.3) is 0 Å². The first kappa shape index (κ1) is 30.0. The number of rotatable bonds is 16. The van der Waals surface area contributed by atoms with Crippen molar-refractivity contribution >= 4 is 16.7 Å². The Kier molecular flexibility index (Phi) is 15.3. The first-order valence-corrected chi connectivity index (χ1v) is 13.5. The van der Waals surface area contributed by atoms with E-state index in [4.69, 9.17) is 5.11 Å². The van der Waals surface area contributed by atoms with Crippen LogP contribution in [0.5, 0.6) is 5.75 Å². The molecule has 0 amide bonds. The lowest BCUT2D eigenvalue weighted by Crippen LogP contribution is -2.35. The van der Waals surface area contributed by atoms with Gasteiger partial charge in [-0.1, -0.05) is 120 Å². The number of unbranched alkanes of at least 4 members (excludes halogenated alkanes) is 13. The molecule has 0 aromatic heterocycles. The normalized spacial score (nSPS) is 11.3. The molecule has 0 heterocycles. The SMILES string of the molecule is CCCCCCCCCCCCCCCC[N+](C)(C)C.O=C(O)c1cc2ccccc2cc1[O-]. The molecule has 0 aliphatic rings. The summed E-state index contributed by atoms with van der Waals surface area (Å²) in [5.74, 6) is -1.63. The van der Waals surface area contributed by atoms with Gasteiger partial charge in [0, 0.05) is 0 Å². The number of benzene rings is 2. The van der Waals surface area contributed by atoms with Gasteiger partial charge in [-0.15, -0.1) is 0 Å². The molecule has 4 heteroatoms. The second-order valence-corrected chi connectivity index (χ2v) is 10.6. The second-order valence-electron chi connectivity index (χ2n) is 10.6. The number of hydrogen-bond donors (Lipinski definition) is 1. The van der Waals surface area contributed by atoms with Crippen LogP contribution in [0.25, 0.3) is 10.8 Å². The monoisotopic (exact) mass is 471 g/mol. The van der Waals surface area contributed by atoms with Crippen molar-refractivity contribution in [3.8, 4) is 5.75 Å². The Morgan fingerprint density at radius 1 is 0.735 bits per heavy atom. The first-order chi connectivity index (χ1) is 16.2. The number of carboxylic acid groups (broad SMARTS) is 1. The molecule has 2 aromatic rings. The summed E-state index contributed by atoms with van der Waals surface area (Å²) >= 11 is 0. The maximum Gasteiger partial charge on any atom is 0.335 e. The topological polar surface area (TPSA) is 60.4 Å². The molecule has 0 saturated carbocycles. The molecule has 0 atom stereocenters. The van der Waals surface area contributed by atoms with Gasteiger partial charge in [-0.05, 0) is 29.7 Å². The smallest absolute Gasteiger partial charge is 0.335 e. The minimum absolute atomic E-state index is 0.177. The molecule has 2 aromatic carbocycles. The van der Waals surface area contributed by atoms with Crippen molar-refractivity contribution in [1.82, 2.24) is 0 Å². The van der Waals surface area contributed by atoms with Crippen molar-refractivity contribution in [3.63, 3.8) is 0 Å². The molecule has 0 saturated heterocycles. The third kappa shape index (κ3) is 14.2. The average Bonchev–Trinajstić information content (AvgIpc) is 2.78. The summed E-state index contributed by atoms with van der Waals surface area (Å²) in [6.07, 6.45) is 20.4. The fraction of sp³-hybridized carbons (Fsp3) is 0.633. The zero-order valence-electron chi connectivity index (χ0n) is 22.3. The summed E-state index contributed by atoms with van der Waals surface area (Å²) in [5.41, 5.74) is -0.177. The molecular weight excluding hydrogens is 422 g/mol. The molecule has 0 aliphatic heterocycles. The van der Waals surface area contributed by atoms with E-state index in [2.05, 4.69) is 28.1 Å². The lowest BCUT2D eigenvalue weighted by molar-refractivity contribution is -0.870. The Morgan fingerprint density at radius 3 is 1.56 bits per heavy atom. The minimum Gasteiger partial charge on any atom is -0.872 e. The van der Waals surface area contributed by atoms with E-state index in [0.717, 1.165) is 15.3 Å². The fourth-order valence-corrected chi connectivity index (χ4v) is 4.17. The van der Waals surface area contributed by atoms with Gasteiger partial charge in [0.2, 0.25) is 0 Å². The largest absolute Gasteiger partial charge is 0.872 e. The van der Waals surface area contributed by atoms with Crippen LogP contribution < -0.4 is 5.11 Å². The van der Waals surface area contributed by atoms with E-state index in [1.165, 1.54) is 109 Å². The van der Waals surface area contributed by atoms with Crippen LogP contribution in [0.3, 0.4) is 0 Å². The number of carboxylic acids is 1. The molecule has 2 rings (SSSR count). The molecule has 0 spiro atoms. The second kappa shape index (κ2) is 17.4. The van der Waals surface area contributed by atoms with Gasteiger partial charge in [0.1, 0.15) is 0 Å². The van der Waals surface area contributed by atoms with Crippen LogP contribution in [0.2, 0.25) is 0 Å². The third-order valence-electron chi connectivity index (χ3n) is 6.26. The molecule has 4 nitrogen and oxygen atoms in total. The van der Waals surface area contributed by atoms with Crippen molar-refractivity contribution in [1.29, 1.82) is 0 Å². The average molecular weight is 472 g/mol. The summed E-state index contributed by atoms with van der Waals surface area (Å²) in [6.45, 7) is 3.63. The number of hydrogen-bond acceptors (Lipinski definition) is 2. The third-order valence-corrected chi connectivity index (χ3v) is 6.26. The highest BCUT2D eigenvalue weighted by Crippen LogP contribution is 2.22. The molecule has 1 N–H and O–H groups in total. The van der Waals surface area contributed by atoms with Crippen LogP contribution in [0.4, 0.5) is 0 Å². The molecule has 0 aliphatic carbocycles. The van der Waals surface area contributed by atoms with E-state index in [1.54, 1.807) is 18.2 Å². The van der Waals surface area contributed by atoms with Gasteiger partial charge in [-0.3, -0.25) is 0 Å². The van der Waals surface area contributed by atoms with Crippen molar-refractivity contribution < 1.29 is 19.5 Å². The Bertz CT molecular complexity index is 810. The lowest BCUT2D eigenvalue weighted by Gasteiger charge is -2.23. The first-order valence-electron chi connectivity index (χ1n) is 13.5. The van der Waals surface area contributed by atoms with Crippen LogP contribution in [0.1, 0.15) is 107 Å². The van der Waals surface area contributed by atoms with Gasteiger partial charge >= 0.3 is 5.97 Å². The molecular formula is C30H49NO3. The van der Waals surface area contributed by atoms with E-state index in [9.17, 15) is 9.90 Å². The quantitative estimate of drug-likeness (QED) is 0.201. The van der Waals surface area contributed by atoms with Gasteiger partial charge in [0.15, 0.2) is 0 Å². The number of carbonyl (C=O) groups is 1. The Balaban J connectivity index is 0.000000358. The van der Waals surface area contributed by atoms with Gasteiger partial charge in [0.05, 0.1) is 33.3 Å². The summed E-state index contributed by atoms with van der Waals surface area (Å²) in [4.78, 5) is 10.7. The van der Waals surface area contributed by atoms with Gasteiger partial charge < -0.3 is 14.7 Å². The minimum atomic E-state index is -1.18. The Morgan fingerprint density at radius 2 is 1.15 bits per heavy atom. The van der Waals surface area contributed by atoms with Crippen LogP contribution in [0.15, 0.2) is 36.4 Å². The standard InChI is InChI=1S/C19H42N.C11H8O3/c1-5-6-7-8-9-10-11-12-13-14-15-16-17-18-19-20(2,3)4;12-10-6-8-4-2-1-3-7(8)5-9(10)11(13)14/h5-19H2,1-4H3;1-6,12H,(H,13,14)/q+1;/p-1. The summed E-state index contributed by atoms with van der Waals surface area (Å²) in [6, 6.07) is 9.92. The summed E-state index contributed by atoms with van der Waals surface area (Å²) in [7, 11) is 6.88. The van der Waals surface area contributed by atoms with Crippen molar-refractivity contribution in [3.05, 3.63) is 42.0 Å². The van der Waals surface area contributed by atoms with Crippen LogP contribution in [-0.2, 0) is 0 Å². The van der Waals surface area contributed by atoms with Gasteiger partial charge in [-0.25, -0.2) is 4.79 Å². The van der Waals surface area contributed by atoms with Crippen molar-refractivity contribution in [2.24, 2.45) is 0 Å². The molecule has 0 fully saturated rings. The van der Waals surface area contributed by atoms with Crippen LogP contribution in [0, 0.1) is 0 Å². The van der Waals surface area contributed by atoms with Crippen LogP contribution >= 0.6 is 0 Å². The van der Waals surface area contributed by atoms with E-state index in [-0.39, 0.29) is 5.56 Å². The molecule has 34 heavy (non-hydrogen) atoms. The number of aromatic carboxylic acids is 1. The number of fused-ring (bicyclic) bond motifs is 1. The maximum absolute atomic E-state index is 11.3. The fourth-order valence-electron chi connectivity index (χ4n) is 4.17. The summed E-state index contributed by atoms with van der Waals surface area (Å²) < 4.78 is 1.12. The molecule has 0 bridgehead atoms. The maximum atomic E-state index is 11.3. The highest BCUT2D eigenvalue weighted by atomic mass is 16.4. The Labute approximate surface area is 208 Å². The zero-order chi connectivity index (χ0) is 25.2. The Hall–Kier alpha value is -2.07. The zero-order valence-corrected chi connectivity index (χ0v) is 22.3. The van der Waals surface area contributed by atoms with E-state index < -0.39 is 11.7 Å². The number of quaternary nitrogens is 1. The highest BCUT2D eigenvalue weighted by Gasteiger charge is 2.05. The van der Waals surface area contributed by atoms with Gasteiger partial charge in [-0.2, -0.15) is 0 Å². The van der Waals surface area contributed by atoms with E-state index >= 15 is 0 Å². The van der Waals surface area contributed by atoms with Crippen LogP contribution in [-0.4, -0.2) is 43.2 Å².